The third-order valence-corrected chi connectivity index (χ3v) is 5.51. The number of fused-ring (bicyclic) bond motifs is 1. The number of allylic oxidation sites excluding steroid dienone is 2. The molecule has 1 aliphatic heterocycles. The van der Waals surface area contributed by atoms with Crippen LogP contribution in [0.4, 0.5) is 10.3 Å². The Balaban J connectivity index is 1.91. The molecule has 5 nitrogen and oxygen atoms in total. The second-order valence-corrected chi connectivity index (χ2v) is 8.71. The summed E-state index contributed by atoms with van der Waals surface area (Å²) in [5.41, 5.74) is 1.77. The van der Waals surface area contributed by atoms with Crippen LogP contribution in [-0.4, -0.2) is 26.3 Å². The van der Waals surface area contributed by atoms with Crippen LogP contribution in [0.1, 0.15) is 45.2 Å². The summed E-state index contributed by atoms with van der Waals surface area (Å²) in [4.78, 5) is 17.5. The molecule has 2 aromatic rings. The zero-order valence-electron chi connectivity index (χ0n) is 15.0. The van der Waals surface area contributed by atoms with Crippen LogP contribution >= 0.6 is 11.8 Å². The van der Waals surface area contributed by atoms with Gasteiger partial charge in [0.1, 0.15) is 11.9 Å². The number of hydrogen-bond donors (Lipinski definition) is 1. The van der Waals surface area contributed by atoms with Gasteiger partial charge in [0, 0.05) is 23.3 Å². The number of ketones is 1. The number of halogens is 1. The molecule has 1 atom stereocenters. The lowest BCUT2D eigenvalue weighted by molar-refractivity contribution is -0.118. The third kappa shape index (κ3) is 2.84. The van der Waals surface area contributed by atoms with Crippen molar-refractivity contribution in [2.75, 3.05) is 11.1 Å². The normalized spacial score (nSPS) is 21.2. The summed E-state index contributed by atoms with van der Waals surface area (Å²) >= 11 is 1.52. The van der Waals surface area contributed by atoms with Crippen molar-refractivity contribution in [3.8, 4) is 0 Å². The van der Waals surface area contributed by atoms with Crippen LogP contribution in [0.15, 0.2) is 40.7 Å². The van der Waals surface area contributed by atoms with Crippen molar-refractivity contribution in [3.05, 3.63) is 46.9 Å². The molecule has 0 spiro atoms. The van der Waals surface area contributed by atoms with Crippen molar-refractivity contribution >= 4 is 23.5 Å². The number of carbonyl (C=O) groups excluding carboxylic acids is 1. The number of thioether (sulfide) groups is 1. The first-order valence-corrected chi connectivity index (χ1v) is 9.75. The summed E-state index contributed by atoms with van der Waals surface area (Å²) < 4.78 is 16.3. The molecule has 0 saturated heterocycles. The van der Waals surface area contributed by atoms with Crippen LogP contribution in [0.2, 0.25) is 0 Å². The maximum absolute atomic E-state index is 14.6. The number of Topliss-reactive ketones (excluding diaryl/α,β-unsaturated/α-hetero) is 1. The van der Waals surface area contributed by atoms with E-state index in [1.807, 2.05) is 6.92 Å². The second kappa shape index (κ2) is 6.23. The van der Waals surface area contributed by atoms with E-state index < -0.39 is 6.04 Å². The monoisotopic (exact) mass is 372 g/mol. The SMILES string of the molecule is CCSc1nc2n(n1)C(c1ccccc1F)C1=C(CC(C)(C)CC1=O)N2. The predicted molar refractivity (Wildman–Crippen MR) is 99.6 cm³/mol. The van der Waals surface area contributed by atoms with Gasteiger partial charge in [0.15, 0.2) is 5.78 Å². The molecule has 136 valence electrons. The van der Waals surface area contributed by atoms with E-state index in [0.29, 0.717) is 28.7 Å². The quantitative estimate of drug-likeness (QED) is 0.819. The molecular weight excluding hydrogens is 351 g/mol. The standard InChI is InChI=1S/C19H21FN4OS/c1-4-26-18-22-17-21-13-9-19(2,3)10-14(25)15(13)16(24(17)23-18)11-7-5-6-8-12(11)20/h5-8,16H,4,9-10H2,1-3H3,(H,21,22,23). The smallest absolute Gasteiger partial charge is 0.227 e. The first-order valence-electron chi connectivity index (χ1n) is 8.76. The number of benzene rings is 1. The Hall–Kier alpha value is -2.15. The van der Waals surface area contributed by atoms with Crippen LogP contribution < -0.4 is 5.32 Å². The molecule has 1 N–H and O–H groups in total. The number of aromatic nitrogens is 3. The van der Waals surface area contributed by atoms with Gasteiger partial charge in [-0.05, 0) is 23.7 Å². The number of nitrogens with one attached hydrogen (secondary N) is 1. The molecule has 2 heterocycles. The molecule has 2 aliphatic rings. The second-order valence-electron chi connectivity index (χ2n) is 7.48. The van der Waals surface area contributed by atoms with Crippen molar-refractivity contribution < 1.29 is 9.18 Å². The molecular formula is C19H21FN4OS. The molecule has 26 heavy (non-hydrogen) atoms. The number of anilines is 1. The molecule has 0 fully saturated rings. The topological polar surface area (TPSA) is 59.8 Å². The molecule has 4 rings (SSSR count). The fourth-order valence-electron chi connectivity index (χ4n) is 3.76. The van der Waals surface area contributed by atoms with Gasteiger partial charge in [-0.15, -0.1) is 5.10 Å². The van der Waals surface area contributed by atoms with Gasteiger partial charge in [-0.25, -0.2) is 9.07 Å². The summed E-state index contributed by atoms with van der Waals surface area (Å²) in [5, 5.41) is 8.48. The van der Waals surface area contributed by atoms with Gasteiger partial charge < -0.3 is 5.32 Å². The zero-order valence-corrected chi connectivity index (χ0v) is 15.9. The highest BCUT2D eigenvalue weighted by atomic mass is 32.2. The lowest BCUT2D eigenvalue weighted by Gasteiger charge is -2.38. The summed E-state index contributed by atoms with van der Waals surface area (Å²) in [6.45, 7) is 6.18. The molecule has 1 aliphatic carbocycles. The Labute approximate surface area is 156 Å². The molecule has 7 heteroatoms. The van der Waals surface area contributed by atoms with Crippen molar-refractivity contribution in [3.63, 3.8) is 0 Å². The van der Waals surface area contributed by atoms with E-state index in [1.165, 1.54) is 17.8 Å². The molecule has 1 aromatic carbocycles. The van der Waals surface area contributed by atoms with E-state index in [2.05, 4.69) is 29.2 Å². The van der Waals surface area contributed by atoms with E-state index >= 15 is 0 Å². The maximum Gasteiger partial charge on any atom is 0.227 e. The van der Waals surface area contributed by atoms with Crippen molar-refractivity contribution in [1.29, 1.82) is 0 Å². The molecule has 0 amide bonds. The molecule has 0 saturated carbocycles. The van der Waals surface area contributed by atoms with Crippen molar-refractivity contribution in [2.45, 2.75) is 44.8 Å². The number of nitrogens with zero attached hydrogens (tertiary/aromatic N) is 3. The average Bonchev–Trinajstić information content (AvgIpc) is 2.95. The minimum absolute atomic E-state index is 0.0443. The summed E-state index contributed by atoms with van der Waals surface area (Å²) in [7, 11) is 0. The van der Waals surface area contributed by atoms with Crippen LogP contribution in [0.25, 0.3) is 0 Å². The van der Waals surface area contributed by atoms with Crippen LogP contribution in [0, 0.1) is 11.2 Å². The van der Waals surface area contributed by atoms with Gasteiger partial charge in [0.2, 0.25) is 11.1 Å². The lowest BCUT2D eigenvalue weighted by Crippen LogP contribution is -2.36. The van der Waals surface area contributed by atoms with Crippen molar-refractivity contribution in [1.82, 2.24) is 14.8 Å². The van der Waals surface area contributed by atoms with Gasteiger partial charge in [0.05, 0.1) is 0 Å². The fraction of sp³-hybridized carbons (Fsp3) is 0.421. The van der Waals surface area contributed by atoms with Gasteiger partial charge in [-0.3, -0.25) is 4.79 Å². The highest BCUT2D eigenvalue weighted by Gasteiger charge is 2.42. The summed E-state index contributed by atoms with van der Waals surface area (Å²) in [6, 6.07) is 6.01. The Morgan fingerprint density at radius 2 is 2.12 bits per heavy atom. The summed E-state index contributed by atoms with van der Waals surface area (Å²) in [6.07, 6.45) is 1.17. The summed E-state index contributed by atoms with van der Waals surface area (Å²) in [5.74, 6) is 1.11. The van der Waals surface area contributed by atoms with Crippen LogP contribution in [0.3, 0.4) is 0 Å². The van der Waals surface area contributed by atoms with Crippen LogP contribution in [0.5, 0.6) is 0 Å². The first kappa shape index (κ1) is 17.3. The van der Waals surface area contributed by atoms with Gasteiger partial charge >= 0.3 is 0 Å². The van der Waals surface area contributed by atoms with Gasteiger partial charge in [-0.2, -0.15) is 4.98 Å². The van der Waals surface area contributed by atoms with E-state index in [9.17, 15) is 9.18 Å². The fourth-order valence-corrected chi connectivity index (χ4v) is 4.32. The number of carbonyl (C=O) groups is 1. The minimum Gasteiger partial charge on any atom is -0.328 e. The molecule has 0 radical (unpaired) electrons. The lowest BCUT2D eigenvalue weighted by atomic mass is 9.73. The van der Waals surface area contributed by atoms with E-state index in [0.717, 1.165) is 17.9 Å². The van der Waals surface area contributed by atoms with Gasteiger partial charge in [-0.1, -0.05) is 50.7 Å². The van der Waals surface area contributed by atoms with E-state index in [1.54, 1.807) is 22.9 Å². The molecule has 1 aromatic heterocycles. The van der Waals surface area contributed by atoms with Crippen LogP contribution in [-0.2, 0) is 4.79 Å². The average molecular weight is 372 g/mol. The zero-order chi connectivity index (χ0) is 18.5. The van der Waals surface area contributed by atoms with E-state index in [-0.39, 0.29) is 17.0 Å². The van der Waals surface area contributed by atoms with Gasteiger partial charge in [0.25, 0.3) is 0 Å². The van der Waals surface area contributed by atoms with E-state index in [4.69, 9.17) is 0 Å². The Kier molecular flexibility index (Phi) is 4.14. The Morgan fingerprint density at radius 3 is 2.85 bits per heavy atom. The largest absolute Gasteiger partial charge is 0.328 e. The third-order valence-electron chi connectivity index (χ3n) is 4.79. The number of hydrogen-bond acceptors (Lipinski definition) is 5. The predicted octanol–water partition coefficient (Wildman–Crippen LogP) is 4.19. The minimum atomic E-state index is -0.579. The number of rotatable bonds is 3. The Bertz CT molecular complexity index is 918. The first-order chi connectivity index (χ1) is 12.4. The molecule has 1 unspecified atom stereocenters. The maximum atomic E-state index is 14.6. The highest BCUT2D eigenvalue weighted by Crippen LogP contribution is 2.45. The Morgan fingerprint density at radius 1 is 1.35 bits per heavy atom. The van der Waals surface area contributed by atoms with Crippen molar-refractivity contribution in [2.24, 2.45) is 5.41 Å². The highest BCUT2D eigenvalue weighted by molar-refractivity contribution is 7.99. The molecule has 0 bridgehead atoms.